The van der Waals surface area contributed by atoms with Gasteiger partial charge in [-0.25, -0.2) is 4.98 Å². The quantitative estimate of drug-likeness (QED) is 0.706. The number of hydrogen-bond donors (Lipinski definition) is 1. The molecule has 0 saturated carbocycles. The second-order valence-electron chi connectivity index (χ2n) is 5.86. The second kappa shape index (κ2) is 7.99. The lowest BCUT2D eigenvalue weighted by atomic mass is 10.1. The van der Waals surface area contributed by atoms with Crippen LogP contribution in [0.25, 0.3) is 11.3 Å². The molecule has 0 unspecified atom stereocenters. The summed E-state index contributed by atoms with van der Waals surface area (Å²) in [5, 5.41) is 3.52. The minimum absolute atomic E-state index is 0.0296. The van der Waals surface area contributed by atoms with Gasteiger partial charge in [0.2, 0.25) is 5.91 Å². The molecule has 4 nitrogen and oxygen atoms in total. The summed E-state index contributed by atoms with van der Waals surface area (Å²) in [6.07, 6.45) is 2.42. The predicted octanol–water partition coefficient (Wildman–Crippen LogP) is 4.55. The van der Waals surface area contributed by atoms with Crippen LogP contribution in [0.1, 0.15) is 23.4 Å². The molecule has 3 aromatic rings. The molecule has 0 aliphatic rings. The van der Waals surface area contributed by atoms with Crippen molar-refractivity contribution in [3.8, 4) is 11.3 Å². The first-order valence-electron chi connectivity index (χ1n) is 8.13. The van der Waals surface area contributed by atoms with Crippen molar-refractivity contribution in [3.05, 3.63) is 76.8 Å². The Hall–Kier alpha value is -2.59. The Morgan fingerprint density at radius 3 is 2.68 bits per heavy atom. The summed E-state index contributed by atoms with van der Waals surface area (Å²) in [5.41, 5.74) is 3.08. The van der Waals surface area contributed by atoms with Gasteiger partial charge >= 0.3 is 0 Å². The molecule has 25 heavy (non-hydrogen) atoms. The number of benzene rings is 2. The van der Waals surface area contributed by atoms with Crippen LogP contribution in [0.15, 0.2) is 59.1 Å². The summed E-state index contributed by atoms with van der Waals surface area (Å²) in [6.45, 7) is 2.56. The number of carbonyl (C=O) groups is 1. The number of aryl methyl sites for hydroxylation is 2. The minimum Gasteiger partial charge on any atom is -0.441 e. The van der Waals surface area contributed by atoms with Gasteiger partial charge < -0.3 is 9.73 Å². The van der Waals surface area contributed by atoms with Crippen LogP contribution in [0.3, 0.4) is 0 Å². The van der Waals surface area contributed by atoms with E-state index in [0.29, 0.717) is 36.1 Å². The van der Waals surface area contributed by atoms with Crippen molar-refractivity contribution < 1.29 is 9.21 Å². The smallest absolute Gasteiger partial charge is 0.220 e. The highest BCUT2D eigenvalue weighted by molar-refractivity contribution is 6.33. The average molecular weight is 355 g/mol. The van der Waals surface area contributed by atoms with Crippen LogP contribution < -0.4 is 5.32 Å². The second-order valence-corrected chi connectivity index (χ2v) is 6.27. The van der Waals surface area contributed by atoms with Crippen molar-refractivity contribution in [1.82, 2.24) is 10.3 Å². The van der Waals surface area contributed by atoms with E-state index in [1.54, 1.807) is 12.3 Å². The minimum atomic E-state index is -0.0296. The standard InChI is InChI=1S/C20H19ClN2O2/c1-14-6-8-15(9-7-14)12-22-19(24)10-11-20-23-13-18(25-20)16-4-2-3-5-17(16)21/h2-9,13H,10-12H2,1H3,(H,22,24). The average Bonchev–Trinajstić information content (AvgIpc) is 3.08. The Kier molecular flexibility index (Phi) is 5.51. The molecule has 2 aromatic carbocycles. The number of nitrogens with zero attached hydrogens (tertiary/aromatic N) is 1. The number of amides is 1. The molecule has 0 saturated heterocycles. The van der Waals surface area contributed by atoms with E-state index >= 15 is 0 Å². The van der Waals surface area contributed by atoms with Crippen LogP contribution in [0.4, 0.5) is 0 Å². The molecule has 0 radical (unpaired) electrons. The highest BCUT2D eigenvalue weighted by Gasteiger charge is 2.11. The normalized spacial score (nSPS) is 10.6. The van der Waals surface area contributed by atoms with E-state index in [1.807, 2.05) is 49.4 Å². The van der Waals surface area contributed by atoms with Crippen molar-refractivity contribution >= 4 is 17.5 Å². The summed E-state index contributed by atoms with van der Waals surface area (Å²) in [5.74, 6) is 1.11. The van der Waals surface area contributed by atoms with Crippen LogP contribution in [-0.2, 0) is 17.8 Å². The number of hydrogen-bond acceptors (Lipinski definition) is 3. The van der Waals surface area contributed by atoms with Crippen molar-refractivity contribution in [3.63, 3.8) is 0 Å². The summed E-state index contributed by atoms with van der Waals surface area (Å²) in [6, 6.07) is 15.5. The molecule has 1 amide bonds. The monoisotopic (exact) mass is 354 g/mol. The molecule has 5 heteroatoms. The number of rotatable bonds is 6. The predicted molar refractivity (Wildman–Crippen MR) is 98.3 cm³/mol. The first kappa shape index (κ1) is 17.2. The van der Waals surface area contributed by atoms with Crippen molar-refractivity contribution in [2.75, 3.05) is 0 Å². The van der Waals surface area contributed by atoms with Crippen LogP contribution >= 0.6 is 11.6 Å². The molecule has 0 fully saturated rings. The zero-order valence-electron chi connectivity index (χ0n) is 14.0. The molecule has 0 atom stereocenters. The van der Waals surface area contributed by atoms with Gasteiger partial charge in [0.25, 0.3) is 0 Å². The number of halogens is 1. The molecule has 1 N–H and O–H groups in total. The fourth-order valence-corrected chi connectivity index (χ4v) is 2.66. The highest BCUT2D eigenvalue weighted by atomic mass is 35.5. The van der Waals surface area contributed by atoms with Crippen LogP contribution in [-0.4, -0.2) is 10.9 Å². The molecule has 3 rings (SSSR count). The summed E-state index contributed by atoms with van der Waals surface area (Å²) in [7, 11) is 0. The Labute approximate surface area is 151 Å². The van der Waals surface area contributed by atoms with Gasteiger partial charge in [0.15, 0.2) is 11.7 Å². The van der Waals surface area contributed by atoms with Crippen LogP contribution in [0.2, 0.25) is 5.02 Å². The molecule has 0 bridgehead atoms. The van der Waals surface area contributed by atoms with Gasteiger partial charge in [0.05, 0.1) is 11.2 Å². The zero-order valence-corrected chi connectivity index (χ0v) is 14.7. The maximum absolute atomic E-state index is 12.0. The molecule has 1 heterocycles. The lowest BCUT2D eigenvalue weighted by Crippen LogP contribution is -2.23. The summed E-state index contributed by atoms with van der Waals surface area (Å²) >= 11 is 6.15. The summed E-state index contributed by atoms with van der Waals surface area (Å²) < 4.78 is 5.70. The number of oxazole rings is 1. The number of carbonyl (C=O) groups excluding carboxylic acids is 1. The number of aromatic nitrogens is 1. The van der Waals surface area contributed by atoms with Crippen LogP contribution in [0.5, 0.6) is 0 Å². The van der Waals surface area contributed by atoms with Crippen LogP contribution in [0, 0.1) is 6.92 Å². The molecular formula is C20H19ClN2O2. The molecule has 0 aliphatic carbocycles. The van der Waals surface area contributed by atoms with Crippen molar-refractivity contribution in [1.29, 1.82) is 0 Å². The Bertz CT molecular complexity index is 856. The fourth-order valence-electron chi connectivity index (χ4n) is 2.43. The van der Waals surface area contributed by atoms with E-state index < -0.39 is 0 Å². The Morgan fingerprint density at radius 1 is 1.16 bits per heavy atom. The zero-order chi connectivity index (χ0) is 17.6. The van der Waals surface area contributed by atoms with Gasteiger partial charge in [0.1, 0.15) is 0 Å². The molecular weight excluding hydrogens is 336 g/mol. The lowest BCUT2D eigenvalue weighted by molar-refractivity contribution is -0.121. The Balaban J connectivity index is 1.51. The van der Waals surface area contributed by atoms with Gasteiger partial charge in [0, 0.05) is 24.9 Å². The third-order valence-corrected chi connectivity index (χ3v) is 4.20. The SMILES string of the molecule is Cc1ccc(CNC(=O)CCc2ncc(-c3ccccc3Cl)o2)cc1. The van der Waals surface area contributed by atoms with Gasteiger partial charge in [-0.3, -0.25) is 4.79 Å². The topological polar surface area (TPSA) is 55.1 Å². The third-order valence-electron chi connectivity index (χ3n) is 3.87. The number of nitrogens with one attached hydrogen (secondary N) is 1. The van der Waals surface area contributed by atoms with Crippen molar-refractivity contribution in [2.24, 2.45) is 0 Å². The van der Waals surface area contributed by atoms with E-state index in [2.05, 4.69) is 10.3 Å². The molecule has 1 aromatic heterocycles. The van der Waals surface area contributed by atoms with E-state index in [1.165, 1.54) is 5.56 Å². The van der Waals surface area contributed by atoms with E-state index in [9.17, 15) is 4.79 Å². The Morgan fingerprint density at radius 2 is 1.92 bits per heavy atom. The van der Waals surface area contributed by atoms with Crippen molar-refractivity contribution in [2.45, 2.75) is 26.3 Å². The highest BCUT2D eigenvalue weighted by Crippen LogP contribution is 2.28. The maximum atomic E-state index is 12.0. The molecule has 0 aliphatic heterocycles. The maximum Gasteiger partial charge on any atom is 0.220 e. The van der Waals surface area contributed by atoms with Gasteiger partial charge in [-0.05, 0) is 24.6 Å². The van der Waals surface area contributed by atoms with Gasteiger partial charge in [-0.2, -0.15) is 0 Å². The first-order chi connectivity index (χ1) is 12.1. The lowest BCUT2D eigenvalue weighted by Gasteiger charge is -2.05. The van der Waals surface area contributed by atoms with Gasteiger partial charge in [-0.1, -0.05) is 53.6 Å². The van der Waals surface area contributed by atoms with E-state index in [0.717, 1.165) is 11.1 Å². The molecule has 128 valence electrons. The van der Waals surface area contributed by atoms with E-state index in [4.69, 9.17) is 16.0 Å². The third kappa shape index (κ3) is 4.70. The molecule has 0 spiro atoms. The summed E-state index contributed by atoms with van der Waals surface area (Å²) in [4.78, 5) is 16.2. The fraction of sp³-hybridized carbons (Fsp3) is 0.200. The largest absolute Gasteiger partial charge is 0.441 e. The first-order valence-corrected chi connectivity index (χ1v) is 8.51. The van der Waals surface area contributed by atoms with E-state index in [-0.39, 0.29) is 5.91 Å². The van der Waals surface area contributed by atoms with Gasteiger partial charge in [-0.15, -0.1) is 0 Å².